The van der Waals surface area contributed by atoms with Crippen molar-refractivity contribution >= 4 is 5.97 Å². The average molecular weight is 344 g/mol. The number of carbonyl (C=O) groups excluding carboxylic acids is 1. The highest BCUT2D eigenvalue weighted by atomic mass is 16.7. The molecule has 0 saturated heterocycles. The van der Waals surface area contributed by atoms with E-state index >= 15 is 0 Å². The van der Waals surface area contributed by atoms with Crippen LogP contribution in [-0.2, 0) is 14.3 Å². The van der Waals surface area contributed by atoms with Crippen LogP contribution in [0.4, 0.5) is 0 Å². The van der Waals surface area contributed by atoms with E-state index in [4.69, 9.17) is 9.47 Å². The Kier molecular flexibility index (Phi) is 4.98. The molecule has 138 valence electrons. The van der Waals surface area contributed by atoms with Crippen molar-refractivity contribution in [1.29, 1.82) is 0 Å². The summed E-state index contributed by atoms with van der Waals surface area (Å²) in [4.78, 5) is 12.0. The minimum atomic E-state index is -0.538. The van der Waals surface area contributed by atoms with Crippen molar-refractivity contribution in [1.82, 2.24) is 0 Å². The van der Waals surface area contributed by atoms with E-state index in [2.05, 4.69) is 33.4 Å². The van der Waals surface area contributed by atoms with Gasteiger partial charge in [-0.15, -0.1) is 0 Å². The lowest BCUT2D eigenvalue weighted by atomic mass is 9.47. The first-order valence-corrected chi connectivity index (χ1v) is 9.68. The molecule has 3 heteroatoms. The molecule has 0 bridgehead atoms. The molecule has 2 unspecified atom stereocenters. The predicted octanol–water partition coefficient (Wildman–Crippen LogP) is 5.19. The van der Waals surface area contributed by atoms with Crippen molar-refractivity contribution in [3.8, 4) is 0 Å². The number of ether oxygens (including phenoxy) is 2. The largest absolute Gasteiger partial charge is 0.428 e. The number of hydrogen-bond donors (Lipinski definition) is 0. The molecule has 0 amide bonds. The van der Waals surface area contributed by atoms with E-state index in [0.29, 0.717) is 29.4 Å². The fourth-order valence-corrected chi connectivity index (χ4v) is 5.56. The van der Waals surface area contributed by atoms with Crippen LogP contribution in [0.25, 0.3) is 0 Å². The van der Waals surface area contributed by atoms with Crippen molar-refractivity contribution in [3.63, 3.8) is 0 Å². The molecule has 2 saturated carbocycles. The summed E-state index contributed by atoms with van der Waals surface area (Å²) in [7, 11) is 0. The summed E-state index contributed by atoms with van der Waals surface area (Å²) in [6.45, 7) is 14.1. The van der Waals surface area contributed by atoms with Gasteiger partial charge in [-0.25, -0.2) is 4.79 Å². The summed E-state index contributed by atoms with van der Waals surface area (Å²) in [6, 6.07) is 0. The lowest BCUT2D eigenvalue weighted by molar-refractivity contribution is -0.157. The van der Waals surface area contributed by atoms with Crippen LogP contribution in [0.2, 0.25) is 0 Å². The Labute approximate surface area is 152 Å². The zero-order valence-corrected chi connectivity index (χ0v) is 16.1. The van der Waals surface area contributed by atoms with E-state index in [1.165, 1.54) is 31.3 Å². The molecule has 25 heavy (non-hydrogen) atoms. The Balaban J connectivity index is 1.84. The van der Waals surface area contributed by atoms with Crippen molar-refractivity contribution in [2.45, 2.75) is 66.1 Å². The maximum absolute atomic E-state index is 12.0. The number of esters is 1. The number of cyclic esters (lactones) is 1. The highest BCUT2D eigenvalue weighted by Gasteiger charge is 2.52. The van der Waals surface area contributed by atoms with Crippen LogP contribution < -0.4 is 0 Å². The normalized spacial score (nSPS) is 37.8. The van der Waals surface area contributed by atoms with Gasteiger partial charge in [0.2, 0.25) is 6.29 Å². The van der Waals surface area contributed by atoms with Gasteiger partial charge in [-0.05, 0) is 55.4 Å². The fraction of sp³-hybridized carbons (Fsp3) is 0.682. The summed E-state index contributed by atoms with van der Waals surface area (Å²) >= 11 is 0. The van der Waals surface area contributed by atoms with Crippen molar-refractivity contribution in [3.05, 3.63) is 36.0 Å². The topological polar surface area (TPSA) is 35.5 Å². The van der Waals surface area contributed by atoms with Gasteiger partial charge in [0.1, 0.15) is 0 Å². The van der Waals surface area contributed by atoms with Crippen LogP contribution in [-0.4, -0.2) is 18.9 Å². The predicted molar refractivity (Wildman–Crippen MR) is 99.8 cm³/mol. The summed E-state index contributed by atoms with van der Waals surface area (Å²) in [5, 5.41) is 0. The molecule has 1 aliphatic heterocycles. The van der Waals surface area contributed by atoms with Gasteiger partial charge in [0, 0.05) is 12.5 Å². The molecule has 0 aromatic carbocycles. The molecule has 1 heterocycles. The Morgan fingerprint density at radius 2 is 2.12 bits per heavy atom. The van der Waals surface area contributed by atoms with Gasteiger partial charge in [0.25, 0.3) is 0 Å². The zero-order chi connectivity index (χ0) is 18.2. The quantitative estimate of drug-likeness (QED) is 0.520. The third-order valence-corrected chi connectivity index (χ3v) is 6.75. The first-order valence-electron chi connectivity index (χ1n) is 9.68. The third kappa shape index (κ3) is 3.36. The van der Waals surface area contributed by atoms with Gasteiger partial charge in [-0.1, -0.05) is 51.5 Å². The molecule has 2 fully saturated rings. The van der Waals surface area contributed by atoms with Gasteiger partial charge >= 0.3 is 5.97 Å². The van der Waals surface area contributed by atoms with Crippen LogP contribution >= 0.6 is 0 Å². The van der Waals surface area contributed by atoms with E-state index in [9.17, 15) is 4.79 Å². The minimum Gasteiger partial charge on any atom is -0.428 e. The molecule has 0 radical (unpaired) electrons. The lowest BCUT2D eigenvalue weighted by Gasteiger charge is -2.57. The first kappa shape index (κ1) is 18.4. The van der Waals surface area contributed by atoms with Gasteiger partial charge in [-0.3, -0.25) is 0 Å². The molecule has 2 aliphatic carbocycles. The van der Waals surface area contributed by atoms with Crippen molar-refractivity contribution < 1.29 is 14.3 Å². The summed E-state index contributed by atoms with van der Waals surface area (Å²) in [6.07, 6.45) is 11.5. The molecule has 0 spiro atoms. The number of fused-ring (bicyclic) bond motifs is 1. The summed E-state index contributed by atoms with van der Waals surface area (Å²) < 4.78 is 10.6. The van der Waals surface area contributed by atoms with E-state index in [1.807, 2.05) is 13.0 Å². The number of rotatable bonds is 4. The number of allylic oxidation sites excluding steroid dienone is 2. The number of hydrogen-bond acceptors (Lipinski definition) is 3. The second kappa shape index (κ2) is 6.75. The Bertz CT molecular complexity index is 613. The Morgan fingerprint density at radius 3 is 2.84 bits per heavy atom. The van der Waals surface area contributed by atoms with E-state index in [1.54, 1.807) is 6.08 Å². The van der Waals surface area contributed by atoms with Gasteiger partial charge < -0.3 is 9.47 Å². The number of carbonyl (C=O) groups is 1. The van der Waals surface area contributed by atoms with Gasteiger partial charge in [-0.2, -0.15) is 0 Å². The lowest BCUT2D eigenvalue weighted by Crippen LogP contribution is -2.48. The SMILES string of the molecule is C=C1CC[C@H]2C(C)(C)CCCC2(C)[C@H]1C=CC1=CC(OCC)OC1=O. The van der Waals surface area contributed by atoms with Crippen molar-refractivity contribution in [2.24, 2.45) is 22.7 Å². The van der Waals surface area contributed by atoms with E-state index in [0.717, 1.165) is 6.42 Å². The highest BCUT2D eigenvalue weighted by Crippen LogP contribution is 2.61. The van der Waals surface area contributed by atoms with Crippen LogP contribution in [0.5, 0.6) is 0 Å². The smallest absolute Gasteiger partial charge is 0.340 e. The first-order chi connectivity index (χ1) is 11.8. The molecule has 4 atom stereocenters. The fourth-order valence-electron chi connectivity index (χ4n) is 5.56. The molecular weight excluding hydrogens is 312 g/mol. The van der Waals surface area contributed by atoms with Crippen LogP contribution in [0, 0.1) is 22.7 Å². The maximum atomic E-state index is 12.0. The van der Waals surface area contributed by atoms with Crippen LogP contribution in [0.1, 0.15) is 59.8 Å². The maximum Gasteiger partial charge on any atom is 0.340 e. The second-order valence-electron chi connectivity index (χ2n) is 8.79. The Hall–Kier alpha value is -1.35. The Morgan fingerprint density at radius 1 is 1.36 bits per heavy atom. The summed E-state index contributed by atoms with van der Waals surface area (Å²) in [5.74, 6) is 0.738. The molecule has 3 rings (SSSR count). The monoisotopic (exact) mass is 344 g/mol. The molecule has 3 nitrogen and oxygen atoms in total. The van der Waals surface area contributed by atoms with Gasteiger partial charge in [0.05, 0.1) is 5.57 Å². The molecule has 0 aromatic heterocycles. The van der Waals surface area contributed by atoms with Crippen LogP contribution in [0.15, 0.2) is 36.0 Å². The van der Waals surface area contributed by atoms with E-state index in [-0.39, 0.29) is 11.4 Å². The average Bonchev–Trinajstić information content (AvgIpc) is 2.86. The summed E-state index contributed by atoms with van der Waals surface area (Å²) in [5.41, 5.74) is 2.52. The second-order valence-corrected chi connectivity index (χ2v) is 8.79. The minimum absolute atomic E-state index is 0.232. The standard InChI is InChI=1S/C22H32O3/c1-6-24-19-14-16(20(23)25-19)9-10-17-15(2)8-11-18-21(3,4)12-7-13-22(17,18)5/h9-10,14,17-19H,2,6-8,11-13H2,1,3-5H3/t17-,18-,19?,22?/m0/s1. The van der Waals surface area contributed by atoms with Crippen LogP contribution in [0.3, 0.4) is 0 Å². The zero-order valence-electron chi connectivity index (χ0n) is 16.1. The van der Waals surface area contributed by atoms with E-state index < -0.39 is 6.29 Å². The molecular formula is C22H32O3. The molecule has 0 N–H and O–H groups in total. The highest BCUT2D eigenvalue weighted by molar-refractivity contribution is 5.93. The van der Waals surface area contributed by atoms with Gasteiger partial charge in [0.15, 0.2) is 0 Å². The van der Waals surface area contributed by atoms with Crippen molar-refractivity contribution in [2.75, 3.05) is 6.61 Å². The molecule has 0 aromatic rings. The third-order valence-electron chi connectivity index (χ3n) is 6.75. The molecule has 3 aliphatic rings.